The molecular weight excluding hydrogens is 240 g/mol. The summed E-state index contributed by atoms with van der Waals surface area (Å²) in [4.78, 5) is 12.8. The predicted molar refractivity (Wildman–Crippen MR) is 74.3 cm³/mol. The first-order valence-corrected chi connectivity index (χ1v) is 6.93. The van der Waals surface area contributed by atoms with Crippen molar-refractivity contribution in [1.29, 1.82) is 0 Å². The second kappa shape index (κ2) is 4.44. The first-order chi connectivity index (χ1) is 8.66. The van der Waals surface area contributed by atoms with E-state index < -0.39 is 5.60 Å². The SMILES string of the molecule is CCc1cc(C(=O)C2CC(C)(C)OC2(C)C)n(C)n1. The third-order valence-electron chi connectivity index (χ3n) is 3.94. The summed E-state index contributed by atoms with van der Waals surface area (Å²) in [5, 5.41) is 4.36. The van der Waals surface area contributed by atoms with Crippen molar-refractivity contribution >= 4 is 5.78 Å². The van der Waals surface area contributed by atoms with Gasteiger partial charge < -0.3 is 4.74 Å². The Balaban J connectivity index is 2.31. The molecule has 0 radical (unpaired) electrons. The van der Waals surface area contributed by atoms with Crippen LogP contribution in [0.3, 0.4) is 0 Å². The van der Waals surface area contributed by atoms with Crippen molar-refractivity contribution in [3.8, 4) is 0 Å². The van der Waals surface area contributed by atoms with E-state index in [1.165, 1.54) is 0 Å². The molecule has 4 nitrogen and oxygen atoms in total. The fourth-order valence-electron chi connectivity index (χ4n) is 3.08. The molecule has 0 bridgehead atoms. The average Bonchev–Trinajstić information content (AvgIpc) is 2.74. The fraction of sp³-hybridized carbons (Fsp3) is 0.733. The number of ether oxygens (including phenoxy) is 1. The molecule has 0 spiro atoms. The van der Waals surface area contributed by atoms with Gasteiger partial charge in [0.1, 0.15) is 5.69 Å². The van der Waals surface area contributed by atoms with Crippen LogP contribution in [0.15, 0.2) is 6.07 Å². The minimum absolute atomic E-state index is 0.109. The van der Waals surface area contributed by atoms with Gasteiger partial charge in [0.05, 0.1) is 22.8 Å². The van der Waals surface area contributed by atoms with E-state index in [9.17, 15) is 4.79 Å². The van der Waals surface area contributed by atoms with Crippen LogP contribution in [-0.4, -0.2) is 26.8 Å². The Morgan fingerprint density at radius 3 is 2.53 bits per heavy atom. The largest absolute Gasteiger partial charge is 0.369 e. The molecule has 4 heteroatoms. The molecular formula is C15H24N2O2. The van der Waals surface area contributed by atoms with Gasteiger partial charge in [-0.2, -0.15) is 5.10 Å². The molecule has 1 aromatic rings. The van der Waals surface area contributed by atoms with Gasteiger partial charge in [0.2, 0.25) is 0 Å². The first-order valence-electron chi connectivity index (χ1n) is 6.93. The van der Waals surface area contributed by atoms with E-state index >= 15 is 0 Å². The third-order valence-corrected chi connectivity index (χ3v) is 3.94. The molecule has 1 unspecified atom stereocenters. The van der Waals surface area contributed by atoms with E-state index in [2.05, 4.69) is 5.10 Å². The zero-order chi connectivity index (χ0) is 14.4. The molecule has 2 rings (SSSR count). The summed E-state index contributed by atoms with van der Waals surface area (Å²) in [6.07, 6.45) is 1.60. The van der Waals surface area contributed by atoms with Crippen LogP contribution in [0.4, 0.5) is 0 Å². The third kappa shape index (κ3) is 2.59. The summed E-state index contributed by atoms with van der Waals surface area (Å²) in [5.41, 5.74) is 0.991. The van der Waals surface area contributed by atoms with Crippen LogP contribution in [-0.2, 0) is 18.2 Å². The molecule has 1 aliphatic heterocycles. The number of Topliss-reactive ketones (excluding diaryl/α,β-unsaturated/α-hetero) is 1. The van der Waals surface area contributed by atoms with Gasteiger partial charge in [-0.1, -0.05) is 6.92 Å². The van der Waals surface area contributed by atoms with E-state index in [0.717, 1.165) is 18.5 Å². The minimum Gasteiger partial charge on any atom is -0.369 e. The molecule has 1 aliphatic rings. The van der Waals surface area contributed by atoms with Crippen LogP contribution < -0.4 is 0 Å². The highest BCUT2D eigenvalue weighted by Crippen LogP contribution is 2.43. The van der Waals surface area contributed by atoms with Crippen LogP contribution in [0.5, 0.6) is 0 Å². The van der Waals surface area contributed by atoms with Crippen LogP contribution in [0.2, 0.25) is 0 Å². The Morgan fingerprint density at radius 2 is 2.11 bits per heavy atom. The number of nitrogens with zero attached hydrogens (tertiary/aromatic N) is 2. The second-order valence-corrected chi connectivity index (χ2v) is 6.58. The molecule has 0 amide bonds. The van der Waals surface area contributed by atoms with Crippen molar-refractivity contribution in [2.24, 2.45) is 13.0 Å². The van der Waals surface area contributed by atoms with E-state index in [1.807, 2.05) is 47.7 Å². The maximum Gasteiger partial charge on any atom is 0.186 e. The lowest BCUT2D eigenvalue weighted by Crippen LogP contribution is -2.34. The smallest absolute Gasteiger partial charge is 0.186 e. The molecule has 0 saturated carbocycles. The molecule has 19 heavy (non-hydrogen) atoms. The molecule has 0 aromatic carbocycles. The lowest BCUT2D eigenvalue weighted by Gasteiger charge is -2.26. The zero-order valence-corrected chi connectivity index (χ0v) is 12.8. The number of carbonyl (C=O) groups is 1. The number of carbonyl (C=O) groups excluding carboxylic acids is 1. The molecule has 1 aromatic heterocycles. The molecule has 0 aliphatic carbocycles. The van der Waals surface area contributed by atoms with Crippen LogP contribution in [0, 0.1) is 5.92 Å². The van der Waals surface area contributed by atoms with Gasteiger partial charge in [0.25, 0.3) is 0 Å². The Morgan fingerprint density at radius 1 is 1.47 bits per heavy atom. The molecule has 1 atom stereocenters. The maximum absolute atomic E-state index is 12.8. The molecule has 2 heterocycles. The maximum atomic E-state index is 12.8. The number of aromatic nitrogens is 2. The van der Waals surface area contributed by atoms with Gasteiger partial charge in [-0.25, -0.2) is 0 Å². The first kappa shape index (κ1) is 14.3. The monoisotopic (exact) mass is 264 g/mol. The Kier molecular flexibility index (Phi) is 3.33. The van der Waals surface area contributed by atoms with Gasteiger partial charge in [0, 0.05) is 7.05 Å². The van der Waals surface area contributed by atoms with E-state index in [4.69, 9.17) is 4.74 Å². The Bertz CT molecular complexity index is 500. The van der Waals surface area contributed by atoms with Crippen molar-refractivity contribution in [3.05, 3.63) is 17.5 Å². The average molecular weight is 264 g/mol. The highest BCUT2D eigenvalue weighted by atomic mass is 16.5. The van der Waals surface area contributed by atoms with Crippen molar-refractivity contribution in [2.75, 3.05) is 0 Å². The van der Waals surface area contributed by atoms with Gasteiger partial charge >= 0.3 is 0 Å². The number of aryl methyl sites for hydroxylation is 2. The van der Waals surface area contributed by atoms with Crippen molar-refractivity contribution in [1.82, 2.24) is 9.78 Å². The van der Waals surface area contributed by atoms with Crippen molar-refractivity contribution in [3.63, 3.8) is 0 Å². The van der Waals surface area contributed by atoms with E-state index in [-0.39, 0.29) is 17.3 Å². The summed E-state index contributed by atoms with van der Waals surface area (Å²) in [5.74, 6) is 0.0351. The van der Waals surface area contributed by atoms with Gasteiger partial charge in [0.15, 0.2) is 5.78 Å². The Hall–Kier alpha value is -1.16. The number of hydrogen-bond donors (Lipinski definition) is 0. The summed E-state index contributed by atoms with van der Waals surface area (Å²) in [6, 6.07) is 1.91. The second-order valence-electron chi connectivity index (χ2n) is 6.58. The number of hydrogen-bond acceptors (Lipinski definition) is 3. The van der Waals surface area contributed by atoms with E-state index in [1.54, 1.807) is 4.68 Å². The lowest BCUT2D eigenvalue weighted by atomic mass is 9.83. The van der Waals surface area contributed by atoms with Gasteiger partial charge in [-0.05, 0) is 46.6 Å². The van der Waals surface area contributed by atoms with Gasteiger partial charge in [-0.15, -0.1) is 0 Å². The predicted octanol–water partition coefficient (Wildman–Crippen LogP) is 2.76. The lowest BCUT2D eigenvalue weighted by molar-refractivity contribution is -0.0712. The topological polar surface area (TPSA) is 44.1 Å². The quantitative estimate of drug-likeness (QED) is 0.788. The molecule has 106 valence electrons. The highest BCUT2D eigenvalue weighted by molar-refractivity contribution is 5.97. The Labute approximate surface area is 115 Å². The number of rotatable bonds is 3. The number of ketones is 1. The van der Waals surface area contributed by atoms with Crippen LogP contribution in [0.1, 0.15) is 57.2 Å². The van der Waals surface area contributed by atoms with Crippen molar-refractivity contribution < 1.29 is 9.53 Å². The van der Waals surface area contributed by atoms with E-state index in [0.29, 0.717) is 5.69 Å². The standard InChI is InChI=1S/C15H24N2O2/c1-7-10-8-12(17(6)16-10)13(18)11-9-14(2,3)19-15(11,4)5/h8,11H,7,9H2,1-6H3. The summed E-state index contributed by atoms with van der Waals surface area (Å²) in [7, 11) is 1.83. The fourth-order valence-corrected chi connectivity index (χ4v) is 3.08. The summed E-state index contributed by atoms with van der Waals surface area (Å²) in [6.45, 7) is 10.1. The summed E-state index contributed by atoms with van der Waals surface area (Å²) >= 11 is 0. The molecule has 1 fully saturated rings. The van der Waals surface area contributed by atoms with Crippen molar-refractivity contribution in [2.45, 2.75) is 58.7 Å². The highest BCUT2D eigenvalue weighted by Gasteiger charge is 2.49. The summed E-state index contributed by atoms with van der Waals surface area (Å²) < 4.78 is 7.71. The minimum atomic E-state index is -0.419. The molecule has 1 saturated heterocycles. The van der Waals surface area contributed by atoms with Gasteiger partial charge in [-0.3, -0.25) is 9.48 Å². The normalized spacial score (nSPS) is 24.6. The molecule has 0 N–H and O–H groups in total. The zero-order valence-electron chi connectivity index (χ0n) is 12.8. The van der Waals surface area contributed by atoms with Crippen LogP contribution in [0.25, 0.3) is 0 Å². The van der Waals surface area contributed by atoms with Crippen LogP contribution >= 0.6 is 0 Å².